The molecule has 2 N–H and O–H groups in total. The largest absolute Gasteiger partial charge is 0.508 e. The number of carbonyl (C=O) groups is 1. The molecule has 0 bridgehead atoms. The monoisotopic (exact) mass is 350 g/mol. The van der Waals surface area contributed by atoms with Crippen molar-refractivity contribution in [2.24, 2.45) is 0 Å². The molecule has 0 aliphatic rings. The van der Waals surface area contributed by atoms with Gasteiger partial charge in [0.2, 0.25) is 0 Å². The Morgan fingerprint density at radius 3 is 2.71 bits per heavy atom. The molecular weight excluding hydrogens is 340 g/mol. The van der Waals surface area contributed by atoms with Crippen LogP contribution in [0, 0.1) is 17.0 Å². The Balaban J connectivity index is 2.32. The van der Waals surface area contributed by atoms with Crippen molar-refractivity contribution in [3.05, 3.63) is 62.1 Å². The van der Waals surface area contributed by atoms with Gasteiger partial charge in [0.25, 0.3) is 11.6 Å². The summed E-state index contributed by atoms with van der Waals surface area (Å²) >= 11 is 3.14. The van der Waals surface area contributed by atoms with E-state index in [1.807, 2.05) is 0 Å². The number of hydrogen-bond acceptors (Lipinski definition) is 4. The van der Waals surface area contributed by atoms with Gasteiger partial charge >= 0.3 is 0 Å². The van der Waals surface area contributed by atoms with Crippen molar-refractivity contribution in [3.63, 3.8) is 0 Å². The standard InChI is InChI=1S/C14H11BrN2O4/c1-8-12(3-2-4-13(8)18)16-14(19)9-5-10(15)7-11(6-9)17(20)21/h2-7,18H,1H3,(H,16,19). The van der Waals surface area contributed by atoms with E-state index in [4.69, 9.17) is 0 Å². The molecule has 0 saturated heterocycles. The smallest absolute Gasteiger partial charge is 0.271 e. The van der Waals surface area contributed by atoms with E-state index in [0.29, 0.717) is 15.7 Å². The van der Waals surface area contributed by atoms with E-state index >= 15 is 0 Å². The lowest BCUT2D eigenvalue weighted by molar-refractivity contribution is -0.384. The second-order valence-electron chi connectivity index (χ2n) is 4.36. The van der Waals surface area contributed by atoms with Crippen molar-refractivity contribution >= 4 is 33.2 Å². The minimum absolute atomic E-state index is 0.0630. The Kier molecular flexibility index (Phi) is 4.23. The van der Waals surface area contributed by atoms with Crippen LogP contribution >= 0.6 is 15.9 Å². The first kappa shape index (κ1) is 15.0. The zero-order valence-electron chi connectivity index (χ0n) is 11.0. The van der Waals surface area contributed by atoms with E-state index in [0.717, 1.165) is 0 Å². The van der Waals surface area contributed by atoms with Gasteiger partial charge in [0, 0.05) is 33.4 Å². The van der Waals surface area contributed by atoms with Crippen LogP contribution in [0.4, 0.5) is 11.4 Å². The molecule has 7 heteroatoms. The first-order valence-corrected chi connectivity index (χ1v) is 6.72. The summed E-state index contributed by atoms with van der Waals surface area (Å²) in [6, 6.07) is 8.74. The summed E-state index contributed by atoms with van der Waals surface area (Å²) in [5, 5.41) is 23.0. The number of nitro benzene ring substituents is 1. The molecule has 0 heterocycles. The molecule has 0 saturated carbocycles. The molecule has 0 unspecified atom stereocenters. The summed E-state index contributed by atoms with van der Waals surface area (Å²) in [4.78, 5) is 22.4. The van der Waals surface area contributed by atoms with Gasteiger partial charge in [-0.1, -0.05) is 22.0 Å². The van der Waals surface area contributed by atoms with Gasteiger partial charge < -0.3 is 10.4 Å². The Morgan fingerprint density at radius 1 is 1.33 bits per heavy atom. The number of phenolic OH excluding ortho intramolecular Hbond substituents is 1. The number of phenols is 1. The molecule has 0 atom stereocenters. The number of nitrogens with zero attached hydrogens (tertiary/aromatic N) is 1. The molecular formula is C14H11BrN2O4. The van der Waals surface area contributed by atoms with Crippen molar-refractivity contribution in [2.75, 3.05) is 5.32 Å². The summed E-state index contributed by atoms with van der Waals surface area (Å²) in [5.74, 6) is -0.430. The Hall–Kier alpha value is -2.41. The summed E-state index contributed by atoms with van der Waals surface area (Å²) < 4.78 is 0.439. The first-order chi connectivity index (χ1) is 9.88. The number of hydrogen-bond donors (Lipinski definition) is 2. The number of nitrogens with one attached hydrogen (secondary N) is 1. The van der Waals surface area contributed by atoms with E-state index in [1.165, 1.54) is 24.3 Å². The summed E-state index contributed by atoms with van der Waals surface area (Å²) in [6.45, 7) is 1.66. The topological polar surface area (TPSA) is 92.5 Å². The lowest BCUT2D eigenvalue weighted by Gasteiger charge is -2.09. The average Bonchev–Trinajstić information content (AvgIpc) is 2.43. The summed E-state index contributed by atoms with van der Waals surface area (Å²) in [6.07, 6.45) is 0. The predicted molar refractivity (Wildman–Crippen MR) is 81.6 cm³/mol. The highest BCUT2D eigenvalue weighted by molar-refractivity contribution is 9.10. The predicted octanol–water partition coefficient (Wildman–Crippen LogP) is 3.62. The Labute approximate surface area is 128 Å². The van der Waals surface area contributed by atoms with Crippen LogP contribution in [0.15, 0.2) is 40.9 Å². The maximum Gasteiger partial charge on any atom is 0.271 e. The van der Waals surface area contributed by atoms with Crippen molar-refractivity contribution in [3.8, 4) is 5.75 Å². The number of nitro groups is 1. The van der Waals surface area contributed by atoms with E-state index < -0.39 is 10.8 Å². The normalized spacial score (nSPS) is 10.2. The van der Waals surface area contributed by atoms with Crippen molar-refractivity contribution in [2.45, 2.75) is 6.92 Å². The molecule has 0 fully saturated rings. The zero-order valence-corrected chi connectivity index (χ0v) is 12.5. The van der Waals surface area contributed by atoms with Gasteiger partial charge in [-0.25, -0.2) is 0 Å². The zero-order chi connectivity index (χ0) is 15.6. The number of halogens is 1. The second-order valence-corrected chi connectivity index (χ2v) is 5.27. The summed E-state index contributed by atoms with van der Waals surface area (Å²) in [5.41, 5.74) is 0.943. The lowest BCUT2D eigenvalue weighted by atomic mass is 10.1. The molecule has 0 spiro atoms. The van der Waals surface area contributed by atoms with E-state index in [9.17, 15) is 20.0 Å². The van der Waals surface area contributed by atoms with Crippen LogP contribution in [0.5, 0.6) is 5.75 Å². The number of non-ortho nitro benzene ring substituents is 1. The van der Waals surface area contributed by atoms with Gasteiger partial charge in [0.1, 0.15) is 5.75 Å². The quantitative estimate of drug-likeness (QED) is 0.652. The van der Waals surface area contributed by atoms with Crippen LogP contribution in [0.1, 0.15) is 15.9 Å². The maximum absolute atomic E-state index is 12.2. The fourth-order valence-electron chi connectivity index (χ4n) is 1.76. The maximum atomic E-state index is 12.2. The summed E-state index contributed by atoms with van der Waals surface area (Å²) in [7, 11) is 0. The van der Waals surface area contributed by atoms with Crippen LogP contribution < -0.4 is 5.32 Å². The number of anilines is 1. The molecule has 1 amide bonds. The third-order valence-corrected chi connectivity index (χ3v) is 3.37. The molecule has 0 radical (unpaired) electrons. The Bertz CT molecular complexity index is 731. The second kappa shape index (κ2) is 5.92. The highest BCUT2D eigenvalue weighted by atomic mass is 79.9. The highest BCUT2D eigenvalue weighted by Crippen LogP contribution is 2.26. The number of carbonyl (C=O) groups excluding carboxylic acids is 1. The number of benzene rings is 2. The van der Waals surface area contributed by atoms with Crippen molar-refractivity contribution in [1.82, 2.24) is 0 Å². The molecule has 2 aromatic carbocycles. The lowest BCUT2D eigenvalue weighted by Crippen LogP contribution is -2.13. The molecule has 21 heavy (non-hydrogen) atoms. The van der Waals surface area contributed by atoms with Crippen molar-refractivity contribution < 1.29 is 14.8 Å². The highest BCUT2D eigenvalue weighted by Gasteiger charge is 2.15. The van der Waals surface area contributed by atoms with E-state index in [-0.39, 0.29) is 17.0 Å². The van der Waals surface area contributed by atoms with Crippen LogP contribution in [0.3, 0.4) is 0 Å². The van der Waals surface area contributed by atoms with Crippen molar-refractivity contribution in [1.29, 1.82) is 0 Å². The third-order valence-electron chi connectivity index (χ3n) is 2.91. The first-order valence-electron chi connectivity index (χ1n) is 5.93. The molecule has 6 nitrogen and oxygen atoms in total. The number of aromatic hydroxyl groups is 1. The number of amides is 1. The number of rotatable bonds is 3. The molecule has 0 aliphatic carbocycles. The van der Waals surface area contributed by atoms with E-state index in [1.54, 1.807) is 19.1 Å². The minimum atomic E-state index is -0.568. The molecule has 2 aromatic rings. The third kappa shape index (κ3) is 3.38. The molecule has 2 rings (SSSR count). The Morgan fingerprint density at radius 2 is 2.05 bits per heavy atom. The van der Waals surface area contributed by atoms with Crippen LogP contribution in [-0.4, -0.2) is 15.9 Å². The van der Waals surface area contributed by atoms with Gasteiger partial charge in [-0.05, 0) is 25.1 Å². The molecule has 0 aromatic heterocycles. The van der Waals surface area contributed by atoms with Crippen LogP contribution in [-0.2, 0) is 0 Å². The minimum Gasteiger partial charge on any atom is -0.508 e. The SMILES string of the molecule is Cc1c(O)cccc1NC(=O)c1cc(Br)cc([N+](=O)[O-])c1. The molecule has 0 aliphatic heterocycles. The van der Waals surface area contributed by atoms with Gasteiger partial charge in [-0.15, -0.1) is 0 Å². The fraction of sp³-hybridized carbons (Fsp3) is 0.0714. The van der Waals surface area contributed by atoms with Gasteiger partial charge in [0.05, 0.1) is 4.92 Å². The van der Waals surface area contributed by atoms with Gasteiger partial charge in [-0.2, -0.15) is 0 Å². The fourth-order valence-corrected chi connectivity index (χ4v) is 2.25. The van der Waals surface area contributed by atoms with Gasteiger partial charge in [-0.3, -0.25) is 14.9 Å². The van der Waals surface area contributed by atoms with E-state index in [2.05, 4.69) is 21.2 Å². The van der Waals surface area contributed by atoms with Crippen LogP contribution in [0.25, 0.3) is 0 Å². The average molecular weight is 351 g/mol. The van der Waals surface area contributed by atoms with Gasteiger partial charge in [0.15, 0.2) is 0 Å². The molecule has 108 valence electrons. The van der Waals surface area contributed by atoms with Crippen LogP contribution in [0.2, 0.25) is 0 Å².